The molecule has 0 fully saturated rings. The van der Waals surface area contributed by atoms with Crippen LogP contribution in [0.3, 0.4) is 0 Å². The number of hydrogen-bond donors (Lipinski definition) is 0. The number of aromatic nitrogens is 4. The lowest BCUT2D eigenvalue weighted by Gasteiger charge is -2.04. The Morgan fingerprint density at radius 3 is 2.59 bits per heavy atom. The van der Waals surface area contributed by atoms with Gasteiger partial charge in [0.05, 0.1) is 24.5 Å². The molecule has 0 spiro atoms. The van der Waals surface area contributed by atoms with Crippen molar-refractivity contribution in [3.05, 3.63) is 59.9 Å². The molecular weight excluding hydrogens is 293 g/mol. The van der Waals surface area contributed by atoms with E-state index in [0.29, 0.717) is 17.7 Å². The minimum atomic E-state index is -2.84. The number of halogens is 3. The quantitative estimate of drug-likeness (QED) is 0.740. The van der Waals surface area contributed by atoms with Gasteiger partial charge in [0.2, 0.25) is 0 Å². The average Bonchev–Trinajstić information content (AvgIpc) is 3.09. The Labute approximate surface area is 124 Å². The number of rotatable bonds is 4. The molecular formula is C15H13F3N4. The molecule has 0 saturated carbocycles. The van der Waals surface area contributed by atoms with Crippen LogP contribution < -0.4 is 0 Å². The summed E-state index contributed by atoms with van der Waals surface area (Å²) < 4.78 is 42.2. The summed E-state index contributed by atoms with van der Waals surface area (Å²) in [7, 11) is 1.82. The molecule has 0 unspecified atom stereocenters. The van der Waals surface area contributed by atoms with Crippen molar-refractivity contribution in [1.29, 1.82) is 0 Å². The minimum Gasteiger partial charge on any atom is -0.275 e. The molecule has 0 atom stereocenters. The van der Waals surface area contributed by atoms with Crippen LogP contribution in [-0.2, 0) is 13.6 Å². The van der Waals surface area contributed by atoms with Gasteiger partial charge in [0.15, 0.2) is 0 Å². The first-order chi connectivity index (χ1) is 10.5. The van der Waals surface area contributed by atoms with E-state index >= 15 is 0 Å². The van der Waals surface area contributed by atoms with Crippen LogP contribution in [0.5, 0.6) is 0 Å². The maximum Gasteiger partial charge on any atom is 0.266 e. The van der Waals surface area contributed by atoms with Crippen LogP contribution in [0.1, 0.15) is 17.6 Å². The van der Waals surface area contributed by atoms with Crippen LogP contribution in [0.4, 0.5) is 13.2 Å². The number of benzene rings is 1. The van der Waals surface area contributed by atoms with Gasteiger partial charge in [-0.3, -0.25) is 9.36 Å². The highest BCUT2D eigenvalue weighted by Crippen LogP contribution is 2.27. The molecule has 22 heavy (non-hydrogen) atoms. The van der Waals surface area contributed by atoms with Gasteiger partial charge in [-0.15, -0.1) is 0 Å². The summed E-state index contributed by atoms with van der Waals surface area (Å²) in [6, 6.07) is 3.67. The molecule has 4 nitrogen and oxygen atoms in total. The smallest absolute Gasteiger partial charge is 0.266 e. The van der Waals surface area contributed by atoms with E-state index in [-0.39, 0.29) is 0 Å². The van der Waals surface area contributed by atoms with Crippen molar-refractivity contribution in [1.82, 2.24) is 19.6 Å². The van der Waals surface area contributed by atoms with Crippen LogP contribution in [0.2, 0.25) is 0 Å². The first kappa shape index (κ1) is 14.4. The maximum absolute atomic E-state index is 13.3. The van der Waals surface area contributed by atoms with Gasteiger partial charge in [0.25, 0.3) is 6.43 Å². The fourth-order valence-electron chi connectivity index (χ4n) is 2.23. The van der Waals surface area contributed by atoms with E-state index < -0.39 is 17.8 Å². The standard InChI is InChI=1S/C15H13F3N4/c1-21-7-10(5-19-21)8-22-9-12(6-20-22)11-2-3-14(16)13(4-11)15(17)18/h2-7,9,15H,8H2,1H3. The van der Waals surface area contributed by atoms with E-state index in [0.717, 1.165) is 17.7 Å². The number of alkyl halides is 2. The lowest BCUT2D eigenvalue weighted by atomic mass is 10.1. The molecule has 3 rings (SSSR count). The second kappa shape index (κ2) is 5.67. The zero-order valence-corrected chi connectivity index (χ0v) is 11.7. The van der Waals surface area contributed by atoms with Crippen LogP contribution in [-0.4, -0.2) is 19.6 Å². The Morgan fingerprint density at radius 2 is 1.91 bits per heavy atom. The van der Waals surface area contributed by atoms with E-state index in [9.17, 15) is 13.2 Å². The zero-order valence-electron chi connectivity index (χ0n) is 11.7. The normalized spacial score (nSPS) is 11.3. The Kier molecular flexibility index (Phi) is 3.70. The third-order valence-corrected chi connectivity index (χ3v) is 3.30. The van der Waals surface area contributed by atoms with Gasteiger partial charge >= 0.3 is 0 Å². The molecule has 3 aromatic rings. The summed E-state index contributed by atoms with van der Waals surface area (Å²) in [6.45, 7) is 0.525. The fourth-order valence-corrected chi connectivity index (χ4v) is 2.23. The van der Waals surface area contributed by atoms with Crippen LogP contribution in [0.15, 0.2) is 43.0 Å². The predicted molar refractivity (Wildman–Crippen MR) is 74.9 cm³/mol. The molecule has 2 heterocycles. The molecule has 0 amide bonds. The van der Waals surface area contributed by atoms with Crippen molar-refractivity contribution < 1.29 is 13.2 Å². The summed E-state index contributed by atoms with van der Waals surface area (Å²) >= 11 is 0. The van der Waals surface area contributed by atoms with Crippen molar-refractivity contribution in [3.8, 4) is 11.1 Å². The highest BCUT2D eigenvalue weighted by Gasteiger charge is 2.15. The molecule has 0 saturated heterocycles. The van der Waals surface area contributed by atoms with Gasteiger partial charge < -0.3 is 0 Å². The van der Waals surface area contributed by atoms with Gasteiger partial charge in [-0.25, -0.2) is 13.2 Å². The van der Waals surface area contributed by atoms with Crippen molar-refractivity contribution in [2.45, 2.75) is 13.0 Å². The van der Waals surface area contributed by atoms with Crippen LogP contribution in [0.25, 0.3) is 11.1 Å². The SMILES string of the molecule is Cn1cc(Cn2cc(-c3ccc(F)c(C(F)F)c3)cn2)cn1. The zero-order chi connectivity index (χ0) is 15.7. The summed E-state index contributed by atoms with van der Waals surface area (Å²) in [5.74, 6) is -0.901. The maximum atomic E-state index is 13.3. The van der Waals surface area contributed by atoms with Gasteiger partial charge in [0.1, 0.15) is 5.82 Å². The largest absolute Gasteiger partial charge is 0.275 e. The van der Waals surface area contributed by atoms with E-state index in [2.05, 4.69) is 10.2 Å². The third-order valence-electron chi connectivity index (χ3n) is 3.30. The van der Waals surface area contributed by atoms with Crippen molar-refractivity contribution in [3.63, 3.8) is 0 Å². The van der Waals surface area contributed by atoms with Gasteiger partial charge in [-0.2, -0.15) is 10.2 Å². The van der Waals surface area contributed by atoms with Gasteiger partial charge in [0, 0.05) is 30.6 Å². The first-order valence-electron chi connectivity index (χ1n) is 6.61. The lowest BCUT2D eigenvalue weighted by Crippen LogP contribution is -1.98. The van der Waals surface area contributed by atoms with E-state index in [1.807, 2.05) is 13.2 Å². The number of nitrogens with zero attached hydrogens (tertiary/aromatic N) is 4. The second-order valence-corrected chi connectivity index (χ2v) is 4.99. The minimum absolute atomic E-state index is 0.508. The van der Waals surface area contributed by atoms with Gasteiger partial charge in [-0.1, -0.05) is 6.07 Å². The van der Waals surface area contributed by atoms with E-state index in [1.54, 1.807) is 28.0 Å². The Hall–Kier alpha value is -2.57. The average molecular weight is 306 g/mol. The summed E-state index contributed by atoms with van der Waals surface area (Å²) in [5, 5.41) is 8.26. The highest BCUT2D eigenvalue weighted by atomic mass is 19.3. The van der Waals surface area contributed by atoms with Crippen LogP contribution >= 0.6 is 0 Å². The van der Waals surface area contributed by atoms with Crippen molar-refractivity contribution in [2.24, 2.45) is 7.05 Å². The summed E-state index contributed by atoms with van der Waals surface area (Å²) in [6.07, 6.45) is 4.06. The van der Waals surface area contributed by atoms with Crippen molar-refractivity contribution >= 4 is 0 Å². The fraction of sp³-hybridized carbons (Fsp3) is 0.200. The van der Waals surface area contributed by atoms with E-state index in [4.69, 9.17) is 0 Å². The second-order valence-electron chi connectivity index (χ2n) is 4.99. The van der Waals surface area contributed by atoms with Crippen molar-refractivity contribution in [2.75, 3.05) is 0 Å². The molecule has 0 aliphatic carbocycles. The number of aryl methyl sites for hydroxylation is 1. The van der Waals surface area contributed by atoms with Crippen LogP contribution in [0, 0.1) is 5.82 Å². The topological polar surface area (TPSA) is 35.6 Å². The molecule has 0 aliphatic rings. The molecule has 2 aromatic heterocycles. The monoisotopic (exact) mass is 306 g/mol. The molecule has 0 radical (unpaired) electrons. The third kappa shape index (κ3) is 2.88. The molecule has 0 N–H and O–H groups in total. The summed E-state index contributed by atoms with van der Waals surface area (Å²) in [4.78, 5) is 0. The lowest BCUT2D eigenvalue weighted by molar-refractivity contribution is 0.146. The number of hydrogen-bond acceptors (Lipinski definition) is 2. The molecule has 1 aromatic carbocycles. The van der Waals surface area contributed by atoms with E-state index in [1.165, 1.54) is 6.07 Å². The summed E-state index contributed by atoms with van der Waals surface area (Å²) in [5.41, 5.74) is 1.54. The molecule has 0 aliphatic heterocycles. The predicted octanol–water partition coefficient (Wildman–Crippen LogP) is 3.41. The molecule has 0 bridgehead atoms. The molecule has 114 valence electrons. The highest BCUT2D eigenvalue weighted by molar-refractivity contribution is 5.62. The molecule has 7 heteroatoms. The Morgan fingerprint density at radius 1 is 1.09 bits per heavy atom. The Bertz CT molecular complexity index is 792. The first-order valence-corrected chi connectivity index (χ1v) is 6.61. The van der Waals surface area contributed by atoms with Gasteiger partial charge in [-0.05, 0) is 17.7 Å². The Balaban J connectivity index is 1.86.